The van der Waals surface area contributed by atoms with E-state index in [0.29, 0.717) is 12.2 Å². The van der Waals surface area contributed by atoms with E-state index < -0.39 is 0 Å². The second kappa shape index (κ2) is 9.65. The number of benzene rings is 1. The van der Waals surface area contributed by atoms with Crippen LogP contribution in [-0.4, -0.2) is 35.4 Å². The van der Waals surface area contributed by atoms with E-state index in [1.54, 1.807) is 22.7 Å². The third kappa shape index (κ3) is 4.94. The highest BCUT2D eigenvalue weighted by Gasteiger charge is 2.25. The highest BCUT2D eigenvalue weighted by molar-refractivity contribution is 7.15. The van der Waals surface area contributed by atoms with E-state index >= 15 is 0 Å². The summed E-state index contributed by atoms with van der Waals surface area (Å²) in [5, 5.41) is 6.24. The predicted octanol–water partition coefficient (Wildman–Crippen LogP) is 5.53. The van der Waals surface area contributed by atoms with Crippen LogP contribution in [0.4, 0.5) is 0 Å². The average Bonchev–Trinajstić information content (AvgIpc) is 3.33. The molecule has 1 atom stereocenters. The first-order valence-corrected chi connectivity index (χ1v) is 12.0. The number of carbonyl (C=O) groups is 1. The third-order valence-electron chi connectivity index (χ3n) is 5.39. The quantitative estimate of drug-likeness (QED) is 0.565. The van der Waals surface area contributed by atoms with E-state index in [2.05, 4.69) is 32.7 Å². The SMILES string of the molecule is Cc1nc(C(=O)NCC(c2cccs2)N2CCCCCC2)c(-c2ccccc2)s1. The summed E-state index contributed by atoms with van der Waals surface area (Å²) in [6, 6.07) is 14.6. The van der Waals surface area contributed by atoms with Gasteiger partial charge in [-0.05, 0) is 49.9 Å². The molecule has 6 heteroatoms. The summed E-state index contributed by atoms with van der Waals surface area (Å²) in [7, 11) is 0. The van der Waals surface area contributed by atoms with Crippen molar-refractivity contribution in [3.05, 3.63) is 63.4 Å². The third-order valence-corrected chi connectivity index (χ3v) is 7.39. The number of aryl methyl sites for hydroxylation is 1. The van der Waals surface area contributed by atoms with E-state index in [1.165, 1.54) is 30.6 Å². The minimum atomic E-state index is -0.0791. The van der Waals surface area contributed by atoms with Gasteiger partial charge in [0.1, 0.15) is 5.69 Å². The van der Waals surface area contributed by atoms with Gasteiger partial charge in [0.2, 0.25) is 0 Å². The highest BCUT2D eigenvalue weighted by Crippen LogP contribution is 2.31. The van der Waals surface area contributed by atoms with E-state index in [1.807, 2.05) is 37.3 Å². The first-order chi connectivity index (χ1) is 14.2. The van der Waals surface area contributed by atoms with Gasteiger partial charge in [0.25, 0.3) is 5.91 Å². The summed E-state index contributed by atoms with van der Waals surface area (Å²) < 4.78 is 0. The smallest absolute Gasteiger partial charge is 0.271 e. The number of thiophene rings is 1. The fourth-order valence-corrected chi connectivity index (χ4v) is 5.72. The number of hydrogen-bond acceptors (Lipinski definition) is 5. The minimum Gasteiger partial charge on any atom is -0.349 e. The van der Waals surface area contributed by atoms with Gasteiger partial charge in [0, 0.05) is 11.4 Å². The zero-order chi connectivity index (χ0) is 20.1. The topological polar surface area (TPSA) is 45.2 Å². The molecule has 3 heterocycles. The van der Waals surface area contributed by atoms with Gasteiger partial charge in [-0.25, -0.2) is 4.98 Å². The summed E-state index contributed by atoms with van der Waals surface area (Å²) >= 11 is 3.35. The number of amides is 1. The minimum absolute atomic E-state index is 0.0791. The lowest BCUT2D eigenvalue weighted by Crippen LogP contribution is -2.38. The predicted molar refractivity (Wildman–Crippen MR) is 122 cm³/mol. The van der Waals surface area contributed by atoms with Crippen LogP contribution < -0.4 is 5.32 Å². The van der Waals surface area contributed by atoms with Gasteiger partial charge in [-0.2, -0.15) is 0 Å². The molecule has 0 spiro atoms. The fraction of sp³-hybridized carbons (Fsp3) is 0.391. The molecule has 1 aliphatic heterocycles. The van der Waals surface area contributed by atoms with Crippen molar-refractivity contribution in [3.8, 4) is 10.4 Å². The van der Waals surface area contributed by atoms with Gasteiger partial charge in [-0.3, -0.25) is 9.69 Å². The maximum absolute atomic E-state index is 13.1. The molecule has 0 radical (unpaired) electrons. The van der Waals surface area contributed by atoms with Gasteiger partial charge >= 0.3 is 0 Å². The molecule has 29 heavy (non-hydrogen) atoms. The molecule has 0 saturated carbocycles. The molecule has 1 N–H and O–H groups in total. The molecule has 0 aliphatic carbocycles. The van der Waals surface area contributed by atoms with E-state index in [9.17, 15) is 4.79 Å². The number of rotatable bonds is 6. The van der Waals surface area contributed by atoms with E-state index in [0.717, 1.165) is 28.5 Å². The largest absolute Gasteiger partial charge is 0.349 e. The van der Waals surface area contributed by atoms with Crippen molar-refractivity contribution < 1.29 is 4.79 Å². The van der Waals surface area contributed by atoms with Gasteiger partial charge in [-0.1, -0.05) is 49.2 Å². The molecule has 4 rings (SSSR count). The van der Waals surface area contributed by atoms with Crippen molar-refractivity contribution in [2.75, 3.05) is 19.6 Å². The Balaban J connectivity index is 1.52. The van der Waals surface area contributed by atoms with Crippen molar-refractivity contribution in [1.82, 2.24) is 15.2 Å². The zero-order valence-electron chi connectivity index (χ0n) is 16.8. The van der Waals surface area contributed by atoms with Crippen LogP contribution in [0.3, 0.4) is 0 Å². The molecule has 0 bridgehead atoms. The lowest BCUT2D eigenvalue weighted by molar-refractivity contribution is 0.0930. The Hall–Kier alpha value is -2.02. The second-order valence-corrected chi connectivity index (χ2v) is 9.65. The Morgan fingerprint density at radius 3 is 2.55 bits per heavy atom. The Kier molecular flexibility index (Phi) is 6.74. The summed E-state index contributed by atoms with van der Waals surface area (Å²) in [6.45, 7) is 4.77. The Bertz CT molecular complexity index is 913. The molecular weight excluding hydrogens is 398 g/mol. The maximum Gasteiger partial charge on any atom is 0.271 e. The summed E-state index contributed by atoms with van der Waals surface area (Å²) in [5.74, 6) is -0.0791. The van der Waals surface area contributed by atoms with E-state index in [4.69, 9.17) is 0 Å². The van der Waals surface area contributed by atoms with Gasteiger partial charge in [0.05, 0.1) is 15.9 Å². The molecule has 1 aromatic carbocycles. The number of carbonyl (C=O) groups excluding carboxylic acids is 1. The average molecular weight is 426 g/mol. The number of aromatic nitrogens is 1. The number of nitrogens with zero attached hydrogens (tertiary/aromatic N) is 2. The zero-order valence-corrected chi connectivity index (χ0v) is 18.4. The number of likely N-dealkylation sites (tertiary alicyclic amines) is 1. The Morgan fingerprint density at radius 2 is 1.86 bits per heavy atom. The number of nitrogens with one attached hydrogen (secondary N) is 1. The van der Waals surface area contributed by atoms with Gasteiger partial charge < -0.3 is 5.32 Å². The molecule has 3 aromatic rings. The summed E-state index contributed by atoms with van der Waals surface area (Å²) in [5.41, 5.74) is 1.59. The summed E-state index contributed by atoms with van der Waals surface area (Å²) in [6.07, 6.45) is 5.08. The number of hydrogen-bond donors (Lipinski definition) is 1. The summed E-state index contributed by atoms with van der Waals surface area (Å²) in [4.78, 5) is 22.5. The van der Waals surface area contributed by atoms with Crippen LogP contribution in [0.25, 0.3) is 10.4 Å². The molecule has 1 amide bonds. The molecule has 152 valence electrons. The fourth-order valence-electron chi connectivity index (χ4n) is 3.94. The van der Waals surface area contributed by atoms with Gasteiger partial charge in [0.15, 0.2) is 0 Å². The van der Waals surface area contributed by atoms with Crippen LogP contribution in [0.1, 0.15) is 52.1 Å². The molecule has 1 aliphatic rings. The monoisotopic (exact) mass is 425 g/mol. The first kappa shape index (κ1) is 20.3. The molecule has 1 fully saturated rings. The van der Waals surface area contributed by atoms with E-state index in [-0.39, 0.29) is 11.9 Å². The molecule has 1 unspecified atom stereocenters. The van der Waals surface area contributed by atoms with Crippen LogP contribution >= 0.6 is 22.7 Å². The lowest BCUT2D eigenvalue weighted by Gasteiger charge is -2.30. The maximum atomic E-state index is 13.1. The van der Waals surface area contributed by atoms with Crippen molar-refractivity contribution in [3.63, 3.8) is 0 Å². The van der Waals surface area contributed by atoms with Crippen LogP contribution in [0.15, 0.2) is 47.8 Å². The normalized spacial score (nSPS) is 16.3. The van der Waals surface area contributed by atoms with Crippen molar-refractivity contribution in [2.24, 2.45) is 0 Å². The van der Waals surface area contributed by atoms with Crippen LogP contribution in [-0.2, 0) is 0 Å². The van der Waals surface area contributed by atoms with Crippen molar-refractivity contribution in [2.45, 2.75) is 38.6 Å². The first-order valence-electron chi connectivity index (χ1n) is 10.3. The lowest BCUT2D eigenvalue weighted by atomic mass is 10.1. The van der Waals surface area contributed by atoms with Gasteiger partial charge in [-0.15, -0.1) is 22.7 Å². The van der Waals surface area contributed by atoms with Crippen LogP contribution in [0.5, 0.6) is 0 Å². The standard InChI is InChI=1S/C23H27N3OS2/c1-17-25-21(22(29-17)18-10-5-4-6-11-18)23(27)24-16-19(20-12-9-15-28-20)26-13-7-2-3-8-14-26/h4-6,9-12,15,19H,2-3,7-8,13-14,16H2,1H3,(H,24,27). The highest BCUT2D eigenvalue weighted by atomic mass is 32.1. The number of thiazole rings is 1. The van der Waals surface area contributed by atoms with Crippen LogP contribution in [0, 0.1) is 6.92 Å². The molecule has 4 nitrogen and oxygen atoms in total. The van der Waals surface area contributed by atoms with Crippen LogP contribution in [0.2, 0.25) is 0 Å². The van der Waals surface area contributed by atoms with Crippen molar-refractivity contribution >= 4 is 28.6 Å². The Morgan fingerprint density at radius 1 is 1.10 bits per heavy atom. The van der Waals surface area contributed by atoms with Crippen molar-refractivity contribution in [1.29, 1.82) is 0 Å². The molecular formula is C23H27N3OS2. The molecule has 2 aromatic heterocycles. The second-order valence-electron chi connectivity index (χ2n) is 7.47. The molecule has 1 saturated heterocycles. The Labute approximate surface area is 180 Å².